The fourth-order valence-electron chi connectivity index (χ4n) is 2.27. The van der Waals surface area contributed by atoms with Gasteiger partial charge in [-0.15, -0.1) is 0 Å². The van der Waals surface area contributed by atoms with Crippen LogP contribution in [0.5, 0.6) is 0 Å². The molecule has 134 valence electrons. The highest BCUT2D eigenvalue weighted by atomic mass is 35.5. The zero-order valence-electron chi connectivity index (χ0n) is 12.9. The number of imide groups is 1. The van der Waals surface area contributed by atoms with Gasteiger partial charge in [0.1, 0.15) is 6.54 Å². The van der Waals surface area contributed by atoms with Crippen molar-refractivity contribution < 1.29 is 19.1 Å². The maximum absolute atomic E-state index is 12.3. The third-order valence-electron chi connectivity index (χ3n) is 3.38. The zero-order valence-corrected chi connectivity index (χ0v) is 14.4. The van der Waals surface area contributed by atoms with Crippen LogP contribution in [0, 0.1) is 0 Å². The summed E-state index contributed by atoms with van der Waals surface area (Å²) in [7, 11) is 0. The lowest BCUT2D eigenvalue weighted by molar-refractivity contribution is -0.145. The second-order valence-corrected chi connectivity index (χ2v) is 5.95. The van der Waals surface area contributed by atoms with Gasteiger partial charge in [-0.2, -0.15) is 15.0 Å². The van der Waals surface area contributed by atoms with E-state index in [9.17, 15) is 14.4 Å². The van der Waals surface area contributed by atoms with Crippen molar-refractivity contribution in [1.29, 1.82) is 0 Å². The Morgan fingerprint density at radius 3 is 2.00 bits per heavy atom. The summed E-state index contributed by atoms with van der Waals surface area (Å²) in [5, 5.41) is 0.252. The van der Waals surface area contributed by atoms with Gasteiger partial charge in [0.05, 0.1) is 21.2 Å². The topological polar surface area (TPSA) is 154 Å². The van der Waals surface area contributed by atoms with Crippen LogP contribution in [0.2, 0.25) is 10.0 Å². The van der Waals surface area contributed by atoms with Crippen molar-refractivity contribution in [3.63, 3.8) is 0 Å². The molecule has 2 aromatic rings. The Hall–Kier alpha value is -2.98. The third kappa shape index (κ3) is 3.37. The van der Waals surface area contributed by atoms with E-state index in [-0.39, 0.29) is 45.5 Å². The van der Waals surface area contributed by atoms with Crippen molar-refractivity contribution in [2.45, 2.75) is 6.61 Å². The summed E-state index contributed by atoms with van der Waals surface area (Å²) in [6, 6.07) is 2.56. The van der Waals surface area contributed by atoms with Crippen molar-refractivity contribution in [3.8, 4) is 0 Å². The van der Waals surface area contributed by atoms with E-state index in [1.54, 1.807) is 0 Å². The number of nitrogen functional groups attached to an aromatic ring is 2. The molecule has 2 heterocycles. The number of esters is 1. The number of amides is 2. The van der Waals surface area contributed by atoms with Gasteiger partial charge in [0.2, 0.25) is 11.9 Å². The van der Waals surface area contributed by atoms with Gasteiger partial charge in [-0.1, -0.05) is 23.2 Å². The third-order valence-corrected chi connectivity index (χ3v) is 4.10. The molecule has 0 radical (unpaired) electrons. The first-order valence-electron chi connectivity index (χ1n) is 7.03. The number of hydrogen-bond donors (Lipinski definition) is 2. The van der Waals surface area contributed by atoms with E-state index in [0.29, 0.717) is 0 Å². The van der Waals surface area contributed by atoms with Crippen molar-refractivity contribution in [2.75, 3.05) is 18.0 Å². The van der Waals surface area contributed by atoms with Crippen LogP contribution in [0.4, 0.5) is 11.9 Å². The van der Waals surface area contributed by atoms with E-state index in [2.05, 4.69) is 15.0 Å². The number of carbonyl (C=O) groups is 3. The lowest BCUT2D eigenvalue weighted by Gasteiger charge is -2.12. The summed E-state index contributed by atoms with van der Waals surface area (Å²) >= 11 is 11.7. The molecule has 0 saturated carbocycles. The quantitative estimate of drug-likeness (QED) is 0.560. The molecule has 12 heteroatoms. The van der Waals surface area contributed by atoms with Crippen LogP contribution in [0.1, 0.15) is 26.5 Å². The summed E-state index contributed by atoms with van der Waals surface area (Å²) in [5.41, 5.74) is 10.9. The van der Waals surface area contributed by atoms with Crippen molar-refractivity contribution in [3.05, 3.63) is 39.1 Å². The maximum atomic E-state index is 12.3. The molecule has 0 aliphatic carbocycles. The van der Waals surface area contributed by atoms with E-state index in [0.717, 1.165) is 4.90 Å². The number of ether oxygens (including phenoxy) is 1. The van der Waals surface area contributed by atoms with Gasteiger partial charge in [0.25, 0.3) is 11.8 Å². The minimum atomic E-state index is -0.853. The molecule has 1 aliphatic heterocycles. The molecular formula is C14H10Cl2N6O4. The fraction of sp³-hybridized carbons (Fsp3) is 0.143. The highest BCUT2D eigenvalue weighted by molar-refractivity contribution is 6.43. The molecular weight excluding hydrogens is 387 g/mol. The number of rotatable bonds is 4. The Bertz CT molecular complexity index is 890. The lowest BCUT2D eigenvalue weighted by Crippen LogP contribution is -2.35. The van der Waals surface area contributed by atoms with E-state index >= 15 is 0 Å². The lowest BCUT2D eigenvalue weighted by atomic mass is 10.1. The number of hydrogen-bond acceptors (Lipinski definition) is 9. The van der Waals surface area contributed by atoms with Crippen molar-refractivity contribution in [1.82, 2.24) is 19.9 Å². The molecule has 0 spiro atoms. The Morgan fingerprint density at radius 2 is 1.50 bits per heavy atom. The number of nitrogens with two attached hydrogens (primary N) is 2. The smallest absolute Gasteiger partial charge is 0.326 e. The number of halogens is 2. The zero-order chi connectivity index (χ0) is 19.0. The highest BCUT2D eigenvalue weighted by Gasteiger charge is 2.37. The standard InChI is InChI=1S/C14H10Cl2N6O4/c15-7-1-5-6(2-8(7)16)12(25)22(11(5)24)3-10(23)26-4-9-19-13(17)21-14(18)20-9/h1-2H,3-4H2,(H4,17,18,19,20,21). The van der Waals surface area contributed by atoms with Crippen LogP contribution in [0.15, 0.2) is 12.1 Å². The monoisotopic (exact) mass is 396 g/mol. The number of anilines is 2. The predicted octanol–water partition coefficient (Wildman–Crippen LogP) is 0.682. The summed E-state index contributed by atoms with van der Waals surface area (Å²) in [6.45, 7) is -0.950. The highest BCUT2D eigenvalue weighted by Crippen LogP contribution is 2.31. The molecule has 0 fully saturated rings. The largest absolute Gasteiger partial charge is 0.456 e. The average Bonchev–Trinajstić information content (AvgIpc) is 2.78. The van der Waals surface area contributed by atoms with Crippen molar-refractivity contribution in [2.24, 2.45) is 0 Å². The van der Waals surface area contributed by atoms with Crippen molar-refractivity contribution >= 4 is 52.9 Å². The van der Waals surface area contributed by atoms with Gasteiger partial charge in [-0.3, -0.25) is 19.3 Å². The normalized spacial score (nSPS) is 13.1. The first-order valence-corrected chi connectivity index (χ1v) is 7.78. The molecule has 2 amide bonds. The molecule has 3 rings (SSSR count). The Kier molecular flexibility index (Phi) is 4.62. The average molecular weight is 397 g/mol. The molecule has 0 bridgehead atoms. The van der Waals surface area contributed by atoms with Gasteiger partial charge in [-0.05, 0) is 12.1 Å². The predicted molar refractivity (Wildman–Crippen MR) is 90.3 cm³/mol. The number of nitrogens with zero attached hydrogens (tertiary/aromatic N) is 4. The van der Waals surface area contributed by atoms with Gasteiger partial charge in [0.15, 0.2) is 12.4 Å². The summed E-state index contributed by atoms with van der Waals surface area (Å²) < 4.78 is 4.94. The summed E-state index contributed by atoms with van der Waals surface area (Å²) in [4.78, 5) is 48.4. The molecule has 4 N–H and O–H groups in total. The molecule has 26 heavy (non-hydrogen) atoms. The van der Waals surface area contributed by atoms with Gasteiger partial charge in [0, 0.05) is 0 Å². The number of benzene rings is 1. The Labute approximate surface area is 156 Å². The van der Waals surface area contributed by atoms with Gasteiger partial charge in [-0.25, -0.2) is 0 Å². The molecule has 1 aliphatic rings. The molecule has 0 unspecified atom stereocenters. The van der Waals surface area contributed by atoms with E-state index in [4.69, 9.17) is 39.4 Å². The molecule has 0 saturated heterocycles. The van der Waals surface area contributed by atoms with Gasteiger partial charge < -0.3 is 16.2 Å². The minimum Gasteiger partial charge on any atom is -0.456 e. The molecule has 10 nitrogen and oxygen atoms in total. The first kappa shape index (κ1) is 17.8. The fourth-order valence-corrected chi connectivity index (χ4v) is 2.60. The molecule has 1 aromatic carbocycles. The maximum Gasteiger partial charge on any atom is 0.326 e. The summed E-state index contributed by atoms with van der Waals surface area (Å²) in [5.74, 6) is -2.42. The summed E-state index contributed by atoms with van der Waals surface area (Å²) in [6.07, 6.45) is 0. The minimum absolute atomic E-state index is 0.0317. The van der Waals surface area contributed by atoms with E-state index in [1.165, 1.54) is 12.1 Å². The van der Waals surface area contributed by atoms with E-state index < -0.39 is 24.3 Å². The van der Waals surface area contributed by atoms with Crippen LogP contribution >= 0.6 is 23.2 Å². The number of carbonyl (C=O) groups excluding carboxylic acids is 3. The van der Waals surface area contributed by atoms with Crippen LogP contribution in [-0.4, -0.2) is 44.2 Å². The SMILES string of the molecule is Nc1nc(N)nc(COC(=O)CN2C(=O)c3cc(Cl)c(Cl)cc3C2=O)n1. The van der Waals surface area contributed by atoms with Gasteiger partial charge >= 0.3 is 5.97 Å². The number of aromatic nitrogens is 3. The Balaban J connectivity index is 1.68. The van der Waals surface area contributed by atoms with Crippen LogP contribution in [0.25, 0.3) is 0 Å². The second kappa shape index (κ2) is 6.73. The van der Waals surface area contributed by atoms with Crippen LogP contribution < -0.4 is 11.5 Å². The second-order valence-electron chi connectivity index (χ2n) is 5.14. The molecule has 0 atom stereocenters. The van der Waals surface area contributed by atoms with E-state index in [1.807, 2.05) is 0 Å². The number of fused-ring (bicyclic) bond motifs is 1. The Morgan fingerprint density at radius 1 is 1.00 bits per heavy atom. The van der Waals surface area contributed by atoms with Crippen LogP contribution in [-0.2, 0) is 16.1 Å². The first-order chi connectivity index (χ1) is 12.3. The molecule has 1 aromatic heterocycles. The van der Waals surface area contributed by atoms with Crippen LogP contribution in [0.3, 0.4) is 0 Å².